The number of hydrogen-bond acceptors (Lipinski definition) is 6. The third-order valence-corrected chi connectivity index (χ3v) is 5.43. The van der Waals surface area contributed by atoms with Gasteiger partial charge in [-0.2, -0.15) is 0 Å². The number of carbonyl (C=O) groups is 1. The van der Waals surface area contributed by atoms with Crippen molar-refractivity contribution in [3.63, 3.8) is 0 Å². The molecule has 0 aromatic heterocycles. The van der Waals surface area contributed by atoms with Crippen LogP contribution in [0.5, 0.6) is 0 Å². The zero-order valence-electron chi connectivity index (χ0n) is 11.4. The Morgan fingerprint density at radius 2 is 1.71 bits per heavy atom. The Balaban J connectivity index is 3.13. The maximum Gasteiger partial charge on any atom is 0.322 e. The first-order valence-electron chi connectivity index (χ1n) is 5.78. The van der Waals surface area contributed by atoms with Crippen molar-refractivity contribution in [1.29, 1.82) is 0 Å². The van der Waals surface area contributed by atoms with E-state index in [1.807, 2.05) is 0 Å². The summed E-state index contributed by atoms with van der Waals surface area (Å²) in [6, 6.07) is 3.99. The van der Waals surface area contributed by atoms with Crippen LogP contribution in [0.2, 0.25) is 0 Å². The van der Waals surface area contributed by atoms with Gasteiger partial charge in [-0.3, -0.25) is 4.79 Å². The molecule has 0 aliphatic carbocycles. The van der Waals surface area contributed by atoms with E-state index >= 15 is 0 Å². The fourth-order valence-corrected chi connectivity index (χ4v) is 4.24. The molecule has 0 amide bonds. The normalized spacial score (nSPS) is 13.8. The van der Waals surface area contributed by atoms with Crippen molar-refractivity contribution in [3.05, 3.63) is 24.3 Å². The second kappa shape index (κ2) is 6.52. The van der Waals surface area contributed by atoms with Crippen LogP contribution in [0, 0.1) is 0 Å². The van der Waals surface area contributed by atoms with E-state index in [0.717, 1.165) is 12.3 Å². The van der Waals surface area contributed by atoms with Crippen LogP contribution in [-0.2, 0) is 24.7 Å². The number of hydrogen-bond donors (Lipinski definition) is 3. The van der Waals surface area contributed by atoms with E-state index in [4.69, 9.17) is 5.11 Å². The SMILES string of the molecule is CN[C@H](CNS(=O)(=O)c1ccccc1S(C)(=O)=O)C(=O)O. The number of nitrogens with one attached hydrogen (secondary N) is 2. The van der Waals surface area contributed by atoms with Crippen molar-refractivity contribution in [3.8, 4) is 0 Å². The molecule has 0 saturated heterocycles. The van der Waals surface area contributed by atoms with Crippen LogP contribution in [0.4, 0.5) is 0 Å². The van der Waals surface area contributed by atoms with Crippen LogP contribution in [0.15, 0.2) is 34.1 Å². The molecule has 21 heavy (non-hydrogen) atoms. The van der Waals surface area contributed by atoms with Crippen LogP contribution in [-0.4, -0.2) is 53.8 Å². The Hall–Kier alpha value is -1.49. The van der Waals surface area contributed by atoms with E-state index < -0.39 is 43.3 Å². The number of sulfonamides is 1. The molecule has 0 aliphatic heterocycles. The lowest BCUT2D eigenvalue weighted by Crippen LogP contribution is -2.44. The molecule has 1 aromatic rings. The van der Waals surface area contributed by atoms with Crippen LogP contribution >= 0.6 is 0 Å². The summed E-state index contributed by atoms with van der Waals surface area (Å²) in [5.41, 5.74) is 0. The smallest absolute Gasteiger partial charge is 0.322 e. The van der Waals surface area contributed by atoms with Gasteiger partial charge in [-0.1, -0.05) is 12.1 Å². The van der Waals surface area contributed by atoms with E-state index in [1.54, 1.807) is 0 Å². The minimum Gasteiger partial charge on any atom is -0.480 e. The molecule has 1 atom stereocenters. The summed E-state index contributed by atoms with van der Waals surface area (Å²) in [4.78, 5) is 10.1. The van der Waals surface area contributed by atoms with Crippen molar-refractivity contribution in [1.82, 2.24) is 10.0 Å². The van der Waals surface area contributed by atoms with Crippen LogP contribution in [0.3, 0.4) is 0 Å². The Morgan fingerprint density at radius 1 is 1.19 bits per heavy atom. The van der Waals surface area contributed by atoms with Gasteiger partial charge in [0, 0.05) is 12.8 Å². The van der Waals surface area contributed by atoms with Crippen molar-refractivity contribution < 1.29 is 26.7 Å². The van der Waals surface area contributed by atoms with Gasteiger partial charge in [0.1, 0.15) is 10.9 Å². The van der Waals surface area contributed by atoms with Crippen molar-refractivity contribution >= 4 is 25.8 Å². The molecule has 1 aromatic carbocycles. The lowest BCUT2D eigenvalue weighted by Gasteiger charge is -2.14. The summed E-state index contributed by atoms with van der Waals surface area (Å²) in [6.45, 7) is -0.410. The predicted octanol–water partition coefficient (Wildman–Crippen LogP) is -0.959. The monoisotopic (exact) mass is 336 g/mol. The van der Waals surface area contributed by atoms with Gasteiger partial charge in [0.2, 0.25) is 10.0 Å². The summed E-state index contributed by atoms with van der Waals surface area (Å²) in [5, 5.41) is 11.3. The second-order valence-electron chi connectivity index (χ2n) is 4.25. The highest BCUT2D eigenvalue weighted by molar-refractivity contribution is 7.93. The lowest BCUT2D eigenvalue weighted by molar-refractivity contribution is -0.139. The van der Waals surface area contributed by atoms with Crippen molar-refractivity contribution in [2.24, 2.45) is 0 Å². The third kappa shape index (κ3) is 4.49. The van der Waals surface area contributed by atoms with Gasteiger partial charge in [0.25, 0.3) is 0 Å². The van der Waals surface area contributed by atoms with Gasteiger partial charge in [0.15, 0.2) is 9.84 Å². The van der Waals surface area contributed by atoms with Gasteiger partial charge < -0.3 is 10.4 Å². The topological polar surface area (TPSA) is 130 Å². The van der Waals surface area contributed by atoms with Crippen molar-refractivity contribution in [2.75, 3.05) is 19.8 Å². The molecule has 0 saturated carbocycles. The molecule has 10 heteroatoms. The molecule has 8 nitrogen and oxygen atoms in total. The van der Waals surface area contributed by atoms with E-state index in [9.17, 15) is 21.6 Å². The molecular formula is C11H16N2O6S2. The standard InChI is InChI=1S/C11H16N2O6S2/c1-12-8(11(14)15)7-13-21(18,19)10-6-4-3-5-9(10)20(2,16)17/h3-6,8,12-13H,7H2,1-2H3,(H,14,15)/t8-/m1/s1. The average molecular weight is 336 g/mol. The summed E-state index contributed by atoms with van der Waals surface area (Å²) >= 11 is 0. The first kappa shape index (κ1) is 17.6. The number of sulfone groups is 1. The molecule has 0 bridgehead atoms. The molecule has 0 spiro atoms. The van der Waals surface area contributed by atoms with Crippen LogP contribution in [0.25, 0.3) is 0 Å². The maximum absolute atomic E-state index is 12.1. The number of benzene rings is 1. The quantitative estimate of drug-likeness (QED) is 0.585. The van der Waals surface area contributed by atoms with E-state index in [0.29, 0.717) is 0 Å². The molecule has 118 valence electrons. The van der Waals surface area contributed by atoms with E-state index in [1.165, 1.54) is 25.2 Å². The summed E-state index contributed by atoms with van der Waals surface area (Å²) in [6.07, 6.45) is 0.898. The molecule has 0 fully saturated rings. The van der Waals surface area contributed by atoms with Gasteiger partial charge in [-0.05, 0) is 19.2 Å². The Morgan fingerprint density at radius 3 is 2.14 bits per heavy atom. The van der Waals surface area contributed by atoms with Crippen molar-refractivity contribution in [2.45, 2.75) is 15.8 Å². The van der Waals surface area contributed by atoms with Crippen LogP contribution < -0.4 is 10.0 Å². The number of likely N-dealkylation sites (N-methyl/N-ethyl adjacent to an activating group) is 1. The number of carboxylic acids is 1. The number of rotatable bonds is 7. The van der Waals surface area contributed by atoms with Gasteiger partial charge in [-0.15, -0.1) is 0 Å². The lowest BCUT2D eigenvalue weighted by atomic mass is 10.3. The molecule has 0 heterocycles. The fourth-order valence-electron chi connectivity index (χ4n) is 1.56. The summed E-state index contributed by atoms with van der Waals surface area (Å²) in [7, 11) is -6.50. The molecule has 0 radical (unpaired) electrons. The number of carboxylic acid groups (broad SMARTS) is 1. The number of aliphatic carboxylic acids is 1. The van der Waals surface area contributed by atoms with Gasteiger partial charge in [0.05, 0.1) is 4.90 Å². The van der Waals surface area contributed by atoms with Gasteiger partial charge in [-0.25, -0.2) is 21.6 Å². The highest BCUT2D eigenvalue weighted by atomic mass is 32.2. The second-order valence-corrected chi connectivity index (χ2v) is 7.97. The minimum atomic E-state index is -4.15. The van der Waals surface area contributed by atoms with Gasteiger partial charge >= 0.3 is 5.97 Å². The van der Waals surface area contributed by atoms with Crippen LogP contribution in [0.1, 0.15) is 0 Å². The largest absolute Gasteiger partial charge is 0.480 e. The molecule has 0 aliphatic rings. The Bertz CT molecular complexity index is 727. The Kier molecular flexibility index (Phi) is 5.45. The zero-order chi connectivity index (χ0) is 16.3. The fraction of sp³-hybridized carbons (Fsp3) is 0.364. The minimum absolute atomic E-state index is 0.339. The first-order valence-corrected chi connectivity index (χ1v) is 9.16. The summed E-state index contributed by atoms with van der Waals surface area (Å²) in [5.74, 6) is -1.23. The maximum atomic E-state index is 12.1. The Labute approximate surface area is 123 Å². The van der Waals surface area contributed by atoms with E-state index in [2.05, 4.69) is 10.0 Å². The third-order valence-electron chi connectivity index (χ3n) is 2.66. The first-order chi connectivity index (χ1) is 9.59. The summed E-state index contributed by atoms with van der Waals surface area (Å²) < 4.78 is 49.6. The average Bonchev–Trinajstić information content (AvgIpc) is 2.38. The highest BCUT2D eigenvalue weighted by Crippen LogP contribution is 2.20. The molecular weight excluding hydrogens is 320 g/mol. The molecule has 0 unspecified atom stereocenters. The predicted molar refractivity (Wildman–Crippen MR) is 75.2 cm³/mol. The molecule has 3 N–H and O–H groups in total. The molecule has 1 rings (SSSR count). The highest BCUT2D eigenvalue weighted by Gasteiger charge is 2.25. The zero-order valence-corrected chi connectivity index (χ0v) is 13.0. The van der Waals surface area contributed by atoms with E-state index in [-0.39, 0.29) is 4.90 Å².